The molecule has 10 nitrogen and oxygen atoms in total. The lowest BCUT2D eigenvalue weighted by Gasteiger charge is -2.37. The highest BCUT2D eigenvalue weighted by Crippen LogP contribution is 2.42. The average molecular weight is 642 g/mol. The van der Waals surface area contributed by atoms with Crippen molar-refractivity contribution in [2.24, 2.45) is 29.4 Å². The average Bonchev–Trinajstić information content (AvgIpc) is 3.85. The van der Waals surface area contributed by atoms with Crippen molar-refractivity contribution in [3.8, 4) is 0 Å². The van der Waals surface area contributed by atoms with E-state index in [0.717, 1.165) is 44.9 Å². The van der Waals surface area contributed by atoms with Crippen LogP contribution in [0, 0.1) is 23.7 Å². The number of anilines is 1. The van der Waals surface area contributed by atoms with E-state index in [4.69, 9.17) is 24.4 Å². The van der Waals surface area contributed by atoms with Crippen LogP contribution in [0.25, 0.3) is 11.0 Å². The van der Waals surface area contributed by atoms with Crippen LogP contribution in [-0.4, -0.2) is 80.5 Å². The van der Waals surface area contributed by atoms with Crippen LogP contribution in [0.4, 0.5) is 10.1 Å². The summed E-state index contributed by atoms with van der Waals surface area (Å²) in [5.74, 6) is -0.0912. The Morgan fingerprint density at radius 1 is 1.02 bits per heavy atom. The summed E-state index contributed by atoms with van der Waals surface area (Å²) in [5.41, 5.74) is 7.30. The van der Waals surface area contributed by atoms with Crippen molar-refractivity contribution in [1.29, 1.82) is 0 Å². The third kappa shape index (κ3) is 7.26. The van der Waals surface area contributed by atoms with E-state index in [1.54, 1.807) is 31.4 Å². The Labute approximate surface area is 269 Å². The van der Waals surface area contributed by atoms with Crippen LogP contribution in [0.15, 0.2) is 28.7 Å². The number of rotatable bonds is 10. The van der Waals surface area contributed by atoms with Gasteiger partial charge in [0, 0.05) is 43.1 Å². The molecule has 1 aromatic heterocycles. The van der Waals surface area contributed by atoms with Crippen LogP contribution in [0.1, 0.15) is 81.2 Å². The van der Waals surface area contributed by atoms with Gasteiger partial charge in [-0.1, -0.05) is 0 Å². The molecule has 0 radical (unpaired) electrons. The minimum Gasteiger partial charge on any atom is -0.454 e. The minimum absolute atomic E-state index is 0.0480. The number of nitrogens with zero attached hydrogens (tertiary/aromatic N) is 1. The number of hydrogen-bond acceptors (Lipinski definition) is 8. The topological polar surface area (TPSA) is 133 Å². The molecule has 2 aliphatic carbocycles. The molecule has 0 bridgehead atoms. The Bertz CT molecular complexity index is 1360. The Morgan fingerprint density at radius 3 is 2.50 bits per heavy atom. The largest absolute Gasteiger partial charge is 0.454 e. The number of likely N-dealkylation sites (tertiary alicyclic amines) is 1. The third-order valence-electron chi connectivity index (χ3n) is 11.0. The maximum Gasteiger partial charge on any atom is 0.374 e. The molecular weight excluding hydrogens is 593 g/mol. The molecule has 2 saturated carbocycles. The van der Waals surface area contributed by atoms with Crippen LogP contribution in [0.2, 0.25) is 0 Å². The van der Waals surface area contributed by atoms with Crippen molar-refractivity contribution < 1.29 is 37.4 Å². The first-order valence-corrected chi connectivity index (χ1v) is 17.1. The van der Waals surface area contributed by atoms with Crippen molar-refractivity contribution in [3.05, 3.63) is 30.0 Å². The van der Waals surface area contributed by atoms with E-state index in [-0.39, 0.29) is 53.6 Å². The monoisotopic (exact) mass is 641 g/mol. The zero-order valence-electron chi connectivity index (χ0n) is 26.8. The fourth-order valence-electron chi connectivity index (χ4n) is 8.29. The van der Waals surface area contributed by atoms with E-state index < -0.39 is 18.7 Å². The quantitative estimate of drug-likeness (QED) is 0.337. The zero-order chi connectivity index (χ0) is 32.2. The van der Waals surface area contributed by atoms with Crippen LogP contribution in [0.5, 0.6) is 0 Å². The summed E-state index contributed by atoms with van der Waals surface area (Å²) in [5, 5.41) is 3.77. The number of nitrogens with one attached hydrogen (secondary N) is 1. The van der Waals surface area contributed by atoms with Crippen molar-refractivity contribution in [3.63, 3.8) is 0 Å². The number of esters is 1. The SMILES string of the molecule is COC1CCC([C@@H]2CCN(C(=O)[C@H]3CC[C@H]([C@H](N)CCF)CC3)[C@@H]2C(=O)Nc2ccc3oc(C(=O)OC4CCOC4)cc3c2)CC1. The van der Waals surface area contributed by atoms with E-state index in [0.29, 0.717) is 68.0 Å². The first-order chi connectivity index (χ1) is 22.3. The molecule has 3 heterocycles. The van der Waals surface area contributed by atoms with Crippen molar-refractivity contribution in [2.75, 3.05) is 38.9 Å². The molecule has 2 aliphatic heterocycles. The molecule has 4 atom stereocenters. The zero-order valence-corrected chi connectivity index (χ0v) is 26.8. The van der Waals surface area contributed by atoms with E-state index in [1.807, 2.05) is 4.90 Å². The molecule has 46 heavy (non-hydrogen) atoms. The maximum absolute atomic E-state index is 14.2. The van der Waals surface area contributed by atoms with Gasteiger partial charge < -0.3 is 34.6 Å². The predicted molar refractivity (Wildman–Crippen MR) is 170 cm³/mol. The van der Waals surface area contributed by atoms with Gasteiger partial charge in [0.1, 0.15) is 17.7 Å². The van der Waals surface area contributed by atoms with Crippen molar-refractivity contribution >= 4 is 34.4 Å². The summed E-state index contributed by atoms with van der Waals surface area (Å²) in [7, 11) is 1.75. The lowest BCUT2D eigenvalue weighted by Crippen LogP contribution is -2.50. The van der Waals surface area contributed by atoms with E-state index in [1.165, 1.54) is 0 Å². The van der Waals surface area contributed by atoms with Crippen LogP contribution in [0.3, 0.4) is 0 Å². The molecule has 6 rings (SSSR count). The van der Waals surface area contributed by atoms with Gasteiger partial charge >= 0.3 is 5.97 Å². The summed E-state index contributed by atoms with van der Waals surface area (Å²) in [6.45, 7) is 1.09. The number of alkyl halides is 1. The van der Waals surface area contributed by atoms with Gasteiger partial charge in [-0.25, -0.2) is 4.79 Å². The van der Waals surface area contributed by atoms with Gasteiger partial charge in [-0.2, -0.15) is 0 Å². The molecule has 2 aromatic rings. The molecule has 252 valence electrons. The third-order valence-corrected chi connectivity index (χ3v) is 11.0. The van der Waals surface area contributed by atoms with Gasteiger partial charge in [0.05, 0.1) is 26.0 Å². The first-order valence-electron chi connectivity index (χ1n) is 17.1. The fourth-order valence-corrected chi connectivity index (χ4v) is 8.29. The van der Waals surface area contributed by atoms with E-state index >= 15 is 0 Å². The second kappa shape index (κ2) is 14.8. The first kappa shape index (κ1) is 32.9. The van der Waals surface area contributed by atoms with Crippen molar-refractivity contribution in [1.82, 2.24) is 4.90 Å². The smallest absolute Gasteiger partial charge is 0.374 e. The normalized spacial score (nSPS) is 30.8. The highest BCUT2D eigenvalue weighted by molar-refractivity contribution is 6.00. The number of furan rings is 1. The van der Waals surface area contributed by atoms with Crippen LogP contribution < -0.4 is 11.1 Å². The Hall–Kier alpha value is -3.02. The number of amides is 2. The molecule has 4 fully saturated rings. The van der Waals surface area contributed by atoms with Crippen LogP contribution in [-0.2, 0) is 23.8 Å². The predicted octanol–water partition coefficient (Wildman–Crippen LogP) is 5.23. The second-order valence-electron chi connectivity index (χ2n) is 13.7. The number of halogens is 1. The van der Waals surface area contributed by atoms with E-state index in [2.05, 4.69) is 5.32 Å². The standard InChI is InChI=1S/C35H48FN3O7/c1-43-26-9-6-21(7-10-26)28-13-16-39(34(41)23-4-2-22(3-5-23)29(37)12-15-36)32(28)33(40)38-25-8-11-30-24(18-25)19-31(46-30)35(42)45-27-14-17-44-20-27/h8,11,18-19,21-23,26-29,32H,2-7,9-10,12-17,20,37H2,1H3,(H,38,40)/t21?,22-,23-,26?,27?,28-,29+,32-/m0/s1. The molecule has 11 heteroatoms. The molecule has 2 amide bonds. The number of benzene rings is 1. The van der Waals surface area contributed by atoms with Crippen molar-refractivity contribution in [2.45, 2.75) is 94.9 Å². The number of methoxy groups -OCH3 is 1. The summed E-state index contributed by atoms with van der Waals surface area (Å²) in [6.07, 6.45) is 8.68. The van der Waals surface area contributed by atoms with Gasteiger partial charge in [0.2, 0.25) is 17.6 Å². The van der Waals surface area contributed by atoms with Gasteiger partial charge in [-0.15, -0.1) is 0 Å². The lowest BCUT2D eigenvalue weighted by atomic mass is 9.75. The Morgan fingerprint density at radius 2 is 1.80 bits per heavy atom. The van der Waals surface area contributed by atoms with Crippen LogP contribution >= 0.6 is 0 Å². The lowest BCUT2D eigenvalue weighted by molar-refractivity contribution is -0.142. The molecule has 2 saturated heterocycles. The molecule has 4 aliphatic rings. The molecule has 1 aromatic carbocycles. The summed E-state index contributed by atoms with van der Waals surface area (Å²) in [6, 6.07) is 6.16. The Kier molecular flexibility index (Phi) is 10.6. The maximum atomic E-state index is 14.2. The highest BCUT2D eigenvalue weighted by Gasteiger charge is 2.47. The second-order valence-corrected chi connectivity index (χ2v) is 13.7. The Balaban J connectivity index is 1.16. The summed E-state index contributed by atoms with van der Waals surface area (Å²) < 4.78 is 35.0. The number of nitrogens with two attached hydrogens (primary N) is 1. The molecular formula is C35H48FN3O7. The highest BCUT2D eigenvalue weighted by atomic mass is 19.1. The minimum atomic E-state index is -0.567. The van der Waals surface area contributed by atoms with Gasteiger partial charge in [0.25, 0.3) is 0 Å². The number of carbonyl (C=O) groups excluding carboxylic acids is 3. The summed E-state index contributed by atoms with van der Waals surface area (Å²) >= 11 is 0. The molecule has 3 N–H and O–H groups in total. The van der Waals surface area contributed by atoms with Gasteiger partial charge in [-0.05, 0) is 106 Å². The number of fused-ring (bicyclic) bond motifs is 1. The van der Waals surface area contributed by atoms with E-state index in [9.17, 15) is 18.8 Å². The molecule has 1 unspecified atom stereocenters. The summed E-state index contributed by atoms with van der Waals surface area (Å²) in [4.78, 5) is 42.7. The number of carbonyl (C=O) groups is 3. The molecule has 0 spiro atoms. The number of ether oxygens (including phenoxy) is 3. The van der Waals surface area contributed by atoms with Gasteiger partial charge in [-0.3, -0.25) is 14.0 Å². The van der Waals surface area contributed by atoms with Gasteiger partial charge in [0.15, 0.2) is 0 Å². The number of hydrogen-bond donors (Lipinski definition) is 2. The fraction of sp³-hybridized carbons (Fsp3) is 0.686.